The predicted octanol–water partition coefficient (Wildman–Crippen LogP) is 4.38. The Labute approximate surface area is 189 Å². The highest BCUT2D eigenvalue weighted by atomic mass is 32.1. The number of benzene rings is 2. The largest absolute Gasteiger partial charge is 0.491 e. The lowest BCUT2D eigenvalue weighted by Gasteiger charge is -2.14. The molecule has 0 spiro atoms. The van der Waals surface area contributed by atoms with Crippen LogP contribution < -0.4 is 10.3 Å². The molecule has 0 amide bonds. The molecule has 6 nitrogen and oxygen atoms in total. The van der Waals surface area contributed by atoms with Crippen LogP contribution in [0.15, 0.2) is 59.0 Å². The zero-order chi connectivity index (χ0) is 22.8. The van der Waals surface area contributed by atoms with E-state index in [1.165, 1.54) is 34.7 Å². The first-order valence-corrected chi connectivity index (χ1v) is 11.2. The summed E-state index contributed by atoms with van der Waals surface area (Å²) in [5.41, 5.74) is 4.53. The van der Waals surface area contributed by atoms with Crippen molar-refractivity contribution in [3.8, 4) is 16.9 Å². The second-order valence-electron chi connectivity index (χ2n) is 7.88. The van der Waals surface area contributed by atoms with Crippen molar-refractivity contribution in [2.24, 2.45) is 0 Å². The van der Waals surface area contributed by atoms with E-state index in [2.05, 4.69) is 18.0 Å². The molecule has 0 aliphatic heterocycles. The Bertz CT molecular complexity index is 1360. The number of ether oxygens (including phenoxy) is 1. The van der Waals surface area contributed by atoms with Crippen molar-refractivity contribution in [3.63, 3.8) is 0 Å². The van der Waals surface area contributed by atoms with E-state index >= 15 is 0 Å². The Balaban J connectivity index is 1.55. The van der Waals surface area contributed by atoms with Gasteiger partial charge < -0.3 is 9.84 Å². The number of aryl methyl sites for hydroxylation is 2. The van der Waals surface area contributed by atoms with Gasteiger partial charge in [0.1, 0.15) is 23.3 Å². The number of aliphatic hydroxyl groups excluding tert-OH is 1. The maximum atomic E-state index is 13.2. The first-order valence-electron chi connectivity index (χ1n) is 10.3. The van der Waals surface area contributed by atoms with Crippen LogP contribution in [0.4, 0.5) is 0 Å². The molecular weight excluding hydrogens is 424 g/mol. The summed E-state index contributed by atoms with van der Waals surface area (Å²) < 4.78 is 7.04. The van der Waals surface area contributed by atoms with Crippen LogP contribution in [0, 0.1) is 13.8 Å². The predicted molar refractivity (Wildman–Crippen MR) is 127 cm³/mol. The summed E-state index contributed by atoms with van der Waals surface area (Å²) in [5, 5.41) is 13.0. The Kier molecular flexibility index (Phi) is 6.21. The van der Waals surface area contributed by atoms with Gasteiger partial charge in [-0.3, -0.25) is 14.2 Å². The molecule has 0 radical (unpaired) electrons. The number of thiophene rings is 1. The van der Waals surface area contributed by atoms with E-state index < -0.39 is 6.10 Å². The standard InChI is InChI=1S/C25H24N2O4S/c1-15-7-8-19(9-16(15)2)22-13-32-24-23(22)25(30)27(14-26-24)11-20(29)12-31-21-6-4-5-18(10-21)17(3)28/h4-10,13-14,20,29H,11-12H2,1-3H3. The minimum atomic E-state index is -0.920. The second kappa shape index (κ2) is 9.06. The van der Waals surface area contributed by atoms with Crippen LogP contribution in [-0.2, 0) is 6.54 Å². The Morgan fingerprint density at radius 2 is 2.00 bits per heavy atom. The number of carbonyl (C=O) groups is 1. The van der Waals surface area contributed by atoms with E-state index in [9.17, 15) is 14.7 Å². The third-order valence-corrected chi connectivity index (χ3v) is 6.36. The molecule has 0 saturated carbocycles. The molecule has 1 N–H and O–H groups in total. The SMILES string of the molecule is CC(=O)c1cccc(OCC(O)Cn2cnc3scc(-c4ccc(C)c(C)c4)c3c2=O)c1. The first kappa shape index (κ1) is 21.9. The van der Waals surface area contributed by atoms with Crippen molar-refractivity contribution < 1.29 is 14.6 Å². The lowest BCUT2D eigenvalue weighted by atomic mass is 10.0. The van der Waals surface area contributed by atoms with Gasteiger partial charge in [-0.2, -0.15) is 0 Å². The molecule has 0 saturated heterocycles. The number of fused-ring (bicyclic) bond motifs is 1. The first-order chi connectivity index (χ1) is 15.3. The average molecular weight is 449 g/mol. The molecule has 4 aromatic rings. The van der Waals surface area contributed by atoms with Crippen molar-refractivity contribution in [2.75, 3.05) is 6.61 Å². The molecule has 7 heteroatoms. The Morgan fingerprint density at radius 1 is 1.19 bits per heavy atom. The van der Waals surface area contributed by atoms with Gasteiger partial charge in [-0.1, -0.05) is 30.3 Å². The van der Waals surface area contributed by atoms with Crippen molar-refractivity contribution in [2.45, 2.75) is 33.4 Å². The fourth-order valence-electron chi connectivity index (χ4n) is 3.50. The van der Waals surface area contributed by atoms with Crippen LogP contribution in [0.1, 0.15) is 28.4 Å². The van der Waals surface area contributed by atoms with Gasteiger partial charge >= 0.3 is 0 Å². The van der Waals surface area contributed by atoms with Crippen LogP contribution in [-0.4, -0.2) is 33.2 Å². The molecule has 2 aromatic heterocycles. The number of carbonyl (C=O) groups excluding carboxylic acids is 1. The summed E-state index contributed by atoms with van der Waals surface area (Å²) in [5.74, 6) is 0.435. The highest BCUT2D eigenvalue weighted by Crippen LogP contribution is 2.31. The maximum absolute atomic E-state index is 13.2. The molecule has 164 valence electrons. The number of hydrogen-bond donors (Lipinski definition) is 1. The third-order valence-electron chi connectivity index (χ3n) is 5.47. The molecule has 0 bridgehead atoms. The van der Waals surface area contributed by atoms with Gasteiger partial charge in [0, 0.05) is 16.5 Å². The van der Waals surface area contributed by atoms with E-state index in [1.807, 2.05) is 24.4 Å². The number of ketones is 1. The van der Waals surface area contributed by atoms with E-state index in [-0.39, 0.29) is 24.5 Å². The molecule has 0 fully saturated rings. The van der Waals surface area contributed by atoms with Crippen LogP contribution in [0.5, 0.6) is 5.75 Å². The van der Waals surface area contributed by atoms with Crippen LogP contribution in [0.25, 0.3) is 21.3 Å². The highest BCUT2D eigenvalue weighted by Gasteiger charge is 2.16. The minimum Gasteiger partial charge on any atom is -0.491 e. The topological polar surface area (TPSA) is 81.4 Å². The molecule has 4 rings (SSSR count). The summed E-state index contributed by atoms with van der Waals surface area (Å²) in [6.07, 6.45) is 0.543. The van der Waals surface area contributed by atoms with Crippen molar-refractivity contribution in [1.82, 2.24) is 9.55 Å². The summed E-state index contributed by atoms with van der Waals surface area (Å²) in [6.45, 7) is 5.63. The molecule has 0 aliphatic carbocycles. The monoisotopic (exact) mass is 448 g/mol. The van der Waals surface area contributed by atoms with Gasteiger partial charge in [0.15, 0.2) is 5.78 Å². The van der Waals surface area contributed by atoms with Gasteiger partial charge in [0.05, 0.1) is 18.3 Å². The number of aliphatic hydroxyl groups is 1. The van der Waals surface area contributed by atoms with Gasteiger partial charge in [-0.15, -0.1) is 11.3 Å². The second-order valence-corrected chi connectivity index (χ2v) is 8.74. The fourth-order valence-corrected chi connectivity index (χ4v) is 4.40. The van der Waals surface area contributed by atoms with Crippen molar-refractivity contribution >= 4 is 27.3 Å². The number of rotatable bonds is 7. The molecule has 1 unspecified atom stereocenters. The molecule has 1 atom stereocenters. The van der Waals surface area contributed by atoms with Gasteiger partial charge in [0.25, 0.3) is 5.56 Å². The quantitative estimate of drug-likeness (QED) is 0.424. The highest BCUT2D eigenvalue weighted by molar-refractivity contribution is 7.17. The van der Waals surface area contributed by atoms with Crippen LogP contribution >= 0.6 is 11.3 Å². The number of aromatic nitrogens is 2. The number of Topliss-reactive ketones (excluding diaryl/α,β-unsaturated/α-hetero) is 1. The minimum absolute atomic E-state index is 0.0144. The zero-order valence-electron chi connectivity index (χ0n) is 18.2. The van der Waals surface area contributed by atoms with Crippen molar-refractivity contribution in [1.29, 1.82) is 0 Å². The van der Waals surface area contributed by atoms with Gasteiger partial charge in [-0.05, 0) is 49.6 Å². The summed E-state index contributed by atoms with van der Waals surface area (Å²) in [4.78, 5) is 29.8. The Morgan fingerprint density at radius 3 is 2.75 bits per heavy atom. The summed E-state index contributed by atoms with van der Waals surface area (Å²) >= 11 is 1.43. The third kappa shape index (κ3) is 4.49. The molecule has 2 heterocycles. The lowest BCUT2D eigenvalue weighted by molar-refractivity contribution is 0.0913. The fraction of sp³-hybridized carbons (Fsp3) is 0.240. The van der Waals surface area contributed by atoms with Crippen LogP contribution in [0.2, 0.25) is 0 Å². The van der Waals surface area contributed by atoms with E-state index in [4.69, 9.17) is 4.74 Å². The maximum Gasteiger partial charge on any atom is 0.262 e. The average Bonchev–Trinajstić information content (AvgIpc) is 3.21. The van der Waals surface area contributed by atoms with E-state index in [0.29, 0.717) is 21.5 Å². The lowest BCUT2D eigenvalue weighted by Crippen LogP contribution is -2.30. The van der Waals surface area contributed by atoms with E-state index in [1.54, 1.807) is 24.3 Å². The smallest absolute Gasteiger partial charge is 0.262 e. The zero-order valence-corrected chi connectivity index (χ0v) is 19.0. The Hall–Kier alpha value is -3.29. The normalized spacial score (nSPS) is 12.1. The molecular formula is C25H24N2O4S. The van der Waals surface area contributed by atoms with Gasteiger partial charge in [0.2, 0.25) is 0 Å². The molecule has 2 aromatic carbocycles. The van der Waals surface area contributed by atoms with E-state index in [0.717, 1.165) is 16.7 Å². The van der Waals surface area contributed by atoms with Gasteiger partial charge in [-0.25, -0.2) is 4.98 Å². The number of hydrogen-bond acceptors (Lipinski definition) is 6. The summed E-state index contributed by atoms with van der Waals surface area (Å²) in [6, 6.07) is 12.9. The summed E-state index contributed by atoms with van der Waals surface area (Å²) in [7, 11) is 0. The molecule has 32 heavy (non-hydrogen) atoms. The number of nitrogens with zero attached hydrogens (tertiary/aromatic N) is 2. The van der Waals surface area contributed by atoms with Crippen molar-refractivity contribution in [3.05, 3.63) is 81.2 Å². The molecule has 0 aliphatic rings. The van der Waals surface area contributed by atoms with Crippen LogP contribution in [0.3, 0.4) is 0 Å².